The number of rotatable bonds is 7. The average Bonchev–Trinajstić information content (AvgIpc) is 3.33. The second kappa shape index (κ2) is 9.11. The Morgan fingerprint density at radius 1 is 1.21 bits per heavy atom. The zero-order valence-electron chi connectivity index (χ0n) is 18.1. The molecule has 2 aromatic heterocycles. The number of halogens is 3. The average molecular weight is 457 g/mol. The SMILES string of the molecule is CCOCCn1c(C(F)(F)F)c(C=NNC(=O)c2cc3cc(C)ccc3o2)c2ccccc21. The highest BCUT2D eigenvalue weighted by Crippen LogP contribution is 2.37. The molecule has 4 rings (SSSR count). The standard InChI is InChI=1S/C24H22F3N3O3/c1-3-32-11-10-30-19-7-5-4-6-17(19)18(22(30)24(25,26)27)14-28-29-23(31)21-13-16-12-15(2)8-9-20(16)33-21/h4-9,12-14H,3,10-11H2,1-2H3,(H,29,31). The van der Waals surface area contributed by atoms with Crippen molar-refractivity contribution in [2.45, 2.75) is 26.6 Å². The maximum absolute atomic E-state index is 14.0. The highest BCUT2D eigenvalue weighted by molar-refractivity contribution is 6.02. The largest absolute Gasteiger partial charge is 0.451 e. The number of ether oxygens (including phenoxy) is 1. The van der Waals surface area contributed by atoms with E-state index in [2.05, 4.69) is 10.5 Å². The number of hydrazone groups is 1. The van der Waals surface area contributed by atoms with Gasteiger partial charge in [-0.05, 0) is 38.1 Å². The smallest absolute Gasteiger partial charge is 0.432 e. The summed E-state index contributed by atoms with van der Waals surface area (Å²) in [5, 5.41) is 4.94. The molecule has 6 nitrogen and oxygen atoms in total. The number of carbonyl (C=O) groups excluding carboxylic acids is 1. The Hall–Kier alpha value is -3.59. The predicted molar refractivity (Wildman–Crippen MR) is 119 cm³/mol. The van der Waals surface area contributed by atoms with Gasteiger partial charge in [-0.3, -0.25) is 4.79 Å². The minimum Gasteiger partial charge on any atom is -0.451 e. The van der Waals surface area contributed by atoms with Crippen LogP contribution in [0.5, 0.6) is 0 Å². The quantitative estimate of drug-likeness (QED) is 0.226. The number of nitrogens with zero attached hydrogens (tertiary/aromatic N) is 2. The van der Waals surface area contributed by atoms with Crippen molar-refractivity contribution >= 4 is 34.0 Å². The molecular weight excluding hydrogens is 435 g/mol. The van der Waals surface area contributed by atoms with Crippen LogP contribution >= 0.6 is 0 Å². The van der Waals surface area contributed by atoms with Gasteiger partial charge in [0.25, 0.3) is 0 Å². The van der Waals surface area contributed by atoms with Crippen molar-refractivity contribution in [3.63, 3.8) is 0 Å². The van der Waals surface area contributed by atoms with Gasteiger partial charge in [0.2, 0.25) is 0 Å². The van der Waals surface area contributed by atoms with Crippen LogP contribution in [0.4, 0.5) is 13.2 Å². The topological polar surface area (TPSA) is 68.8 Å². The predicted octanol–water partition coefficient (Wildman–Crippen LogP) is 5.52. The summed E-state index contributed by atoms with van der Waals surface area (Å²) >= 11 is 0. The lowest BCUT2D eigenvalue weighted by molar-refractivity contribution is -0.143. The van der Waals surface area contributed by atoms with E-state index in [0.717, 1.165) is 17.2 Å². The van der Waals surface area contributed by atoms with E-state index >= 15 is 0 Å². The number of aryl methyl sites for hydroxylation is 1. The van der Waals surface area contributed by atoms with E-state index in [1.165, 1.54) is 4.57 Å². The number of benzene rings is 2. The van der Waals surface area contributed by atoms with Gasteiger partial charge >= 0.3 is 12.1 Å². The number of amides is 1. The van der Waals surface area contributed by atoms with Gasteiger partial charge in [-0.25, -0.2) is 5.43 Å². The number of carbonyl (C=O) groups is 1. The van der Waals surface area contributed by atoms with Crippen LogP contribution in [0.3, 0.4) is 0 Å². The summed E-state index contributed by atoms with van der Waals surface area (Å²) in [4.78, 5) is 12.5. The van der Waals surface area contributed by atoms with Crippen molar-refractivity contribution in [1.82, 2.24) is 9.99 Å². The van der Waals surface area contributed by atoms with Crippen LogP contribution in [-0.2, 0) is 17.5 Å². The number of hydrogen-bond donors (Lipinski definition) is 1. The van der Waals surface area contributed by atoms with E-state index in [1.54, 1.807) is 43.3 Å². The lowest BCUT2D eigenvalue weighted by atomic mass is 10.1. The van der Waals surface area contributed by atoms with E-state index < -0.39 is 17.8 Å². The first-order chi connectivity index (χ1) is 15.8. The number of aromatic nitrogens is 1. The second-order valence-corrected chi connectivity index (χ2v) is 7.48. The van der Waals surface area contributed by atoms with Crippen LogP contribution < -0.4 is 5.43 Å². The minimum absolute atomic E-state index is 0.0166. The van der Waals surface area contributed by atoms with Gasteiger partial charge in [0.05, 0.1) is 12.8 Å². The molecule has 0 saturated carbocycles. The van der Waals surface area contributed by atoms with Gasteiger partial charge in [-0.1, -0.05) is 29.8 Å². The lowest BCUT2D eigenvalue weighted by Crippen LogP contribution is -2.19. The Balaban J connectivity index is 1.66. The fourth-order valence-corrected chi connectivity index (χ4v) is 3.78. The molecule has 0 aliphatic heterocycles. The molecule has 0 atom stereocenters. The minimum atomic E-state index is -4.63. The van der Waals surface area contributed by atoms with Crippen molar-refractivity contribution in [2.24, 2.45) is 5.10 Å². The summed E-state index contributed by atoms with van der Waals surface area (Å²) in [5.74, 6) is -0.642. The summed E-state index contributed by atoms with van der Waals surface area (Å²) in [5.41, 5.74) is 3.24. The number of para-hydroxylation sites is 1. The van der Waals surface area contributed by atoms with E-state index in [9.17, 15) is 18.0 Å². The normalized spacial score (nSPS) is 12.3. The maximum atomic E-state index is 14.0. The van der Waals surface area contributed by atoms with Gasteiger partial charge in [-0.15, -0.1) is 0 Å². The molecular formula is C24H22F3N3O3. The Morgan fingerprint density at radius 2 is 2.00 bits per heavy atom. The van der Waals surface area contributed by atoms with Crippen LogP contribution in [-0.4, -0.2) is 29.9 Å². The number of alkyl halides is 3. The van der Waals surface area contributed by atoms with Crippen molar-refractivity contribution in [1.29, 1.82) is 0 Å². The van der Waals surface area contributed by atoms with Crippen LogP contribution in [0, 0.1) is 6.92 Å². The van der Waals surface area contributed by atoms with E-state index in [4.69, 9.17) is 9.15 Å². The molecule has 0 radical (unpaired) electrons. The number of furan rings is 1. The fraction of sp³-hybridized carbons (Fsp3) is 0.250. The van der Waals surface area contributed by atoms with Crippen LogP contribution in [0.15, 0.2) is 58.0 Å². The summed E-state index contributed by atoms with van der Waals surface area (Å²) in [6.45, 7) is 4.27. The Labute approximate surface area is 187 Å². The number of hydrogen-bond acceptors (Lipinski definition) is 4. The molecule has 0 aliphatic rings. The fourth-order valence-electron chi connectivity index (χ4n) is 3.78. The molecule has 0 bridgehead atoms. The molecule has 0 spiro atoms. The van der Waals surface area contributed by atoms with Crippen LogP contribution in [0.2, 0.25) is 0 Å². The van der Waals surface area contributed by atoms with Gasteiger partial charge < -0.3 is 13.7 Å². The van der Waals surface area contributed by atoms with Crippen LogP contribution in [0.1, 0.15) is 34.3 Å². The lowest BCUT2D eigenvalue weighted by Gasteiger charge is -2.14. The molecule has 4 aromatic rings. The molecule has 0 fully saturated rings. The van der Waals surface area contributed by atoms with E-state index in [-0.39, 0.29) is 24.5 Å². The molecule has 1 amide bonds. The Kier molecular flexibility index (Phi) is 6.24. The van der Waals surface area contributed by atoms with Gasteiger partial charge in [0.1, 0.15) is 11.3 Å². The highest BCUT2D eigenvalue weighted by atomic mass is 19.4. The molecule has 9 heteroatoms. The number of nitrogens with one attached hydrogen (secondary N) is 1. The highest BCUT2D eigenvalue weighted by Gasteiger charge is 2.38. The molecule has 2 aromatic carbocycles. The first-order valence-electron chi connectivity index (χ1n) is 10.4. The number of fused-ring (bicyclic) bond motifs is 2. The Bertz CT molecular complexity index is 1340. The Morgan fingerprint density at radius 3 is 2.76 bits per heavy atom. The molecule has 2 heterocycles. The molecule has 1 N–H and O–H groups in total. The van der Waals surface area contributed by atoms with Crippen molar-refractivity contribution < 1.29 is 27.1 Å². The monoisotopic (exact) mass is 457 g/mol. The van der Waals surface area contributed by atoms with Crippen molar-refractivity contribution in [2.75, 3.05) is 13.2 Å². The summed E-state index contributed by atoms with van der Waals surface area (Å²) in [7, 11) is 0. The molecule has 172 valence electrons. The molecule has 0 aliphatic carbocycles. The van der Waals surface area contributed by atoms with Gasteiger partial charge in [-0.2, -0.15) is 18.3 Å². The first kappa shape index (κ1) is 22.6. The third-order valence-corrected chi connectivity index (χ3v) is 5.20. The molecule has 0 saturated heterocycles. The van der Waals surface area contributed by atoms with Gasteiger partial charge in [0.15, 0.2) is 5.76 Å². The third kappa shape index (κ3) is 4.63. The molecule has 33 heavy (non-hydrogen) atoms. The first-order valence-corrected chi connectivity index (χ1v) is 10.4. The maximum Gasteiger partial charge on any atom is 0.432 e. The summed E-state index contributed by atoms with van der Waals surface area (Å²) < 4.78 is 54.1. The van der Waals surface area contributed by atoms with E-state index in [0.29, 0.717) is 23.1 Å². The summed E-state index contributed by atoms with van der Waals surface area (Å²) in [6, 6.07) is 13.6. The van der Waals surface area contributed by atoms with E-state index in [1.807, 2.05) is 19.1 Å². The zero-order valence-corrected chi connectivity index (χ0v) is 18.1. The van der Waals surface area contributed by atoms with Gasteiger partial charge in [0, 0.05) is 35.0 Å². The van der Waals surface area contributed by atoms with Crippen LogP contribution in [0.25, 0.3) is 21.9 Å². The van der Waals surface area contributed by atoms with Crippen molar-refractivity contribution in [3.05, 3.63) is 71.1 Å². The molecule has 0 unspecified atom stereocenters. The van der Waals surface area contributed by atoms with Crippen molar-refractivity contribution in [3.8, 4) is 0 Å². The third-order valence-electron chi connectivity index (χ3n) is 5.20. The second-order valence-electron chi connectivity index (χ2n) is 7.48. The summed E-state index contributed by atoms with van der Waals surface area (Å²) in [6.07, 6.45) is -3.61. The zero-order chi connectivity index (χ0) is 23.6.